The molecule has 0 aliphatic heterocycles. The van der Waals surface area contributed by atoms with Crippen LogP contribution >= 0.6 is 31.8 Å². The number of hydrogen-bond acceptors (Lipinski definition) is 4. The maximum absolute atomic E-state index is 13.4. The summed E-state index contributed by atoms with van der Waals surface area (Å²) in [5.74, 6) is 3.44. The third kappa shape index (κ3) is 10.2. The summed E-state index contributed by atoms with van der Waals surface area (Å²) in [7, 11) is -0.261. The molecule has 0 radical (unpaired) electrons. The predicted molar refractivity (Wildman–Crippen MR) is 150 cm³/mol. The van der Waals surface area contributed by atoms with Gasteiger partial charge in [0.15, 0.2) is 5.52 Å². The molecule has 0 fully saturated rings. The van der Waals surface area contributed by atoms with Gasteiger partial charge in [-0.25, -0.2) is 0 Å². The molecule has 2 aromatic rings. The molecular formula is C28H39Cl2O4P. The van der Waals surface area contributed by atoms with Crippen molar-refractivity contribution in [2.24, 2.45) is 17.8 Å². The zero-order chi connectivity index (χ0) is 26.0. The summed E-state index contributed by atoms with van der Waals surface area (Å²) in [6.07, 6.45) is 2.74. The van der Waals surface area contributed by atoms with E-state index >= 15 is 0 Å². The standard InChI is InChI=1S/C28H39Cl2O4P/c1-18(2)10-13-32-21-16-24(33-14-11-19(3)4)27(25(17-21)34-15-12-20(5)6)35-28(31)26-22(29)8-7-9-23(26)30/h7-9,16-20,35H,10-15H2,1-6H3. The van der Waals surface area contributed by atoms with Crippen molar-refractivity contribution >= 4 is 42.6 Å². The van der Waals surface area contributed by atoms with Gasteiger partial charge in [0.05, 0.1) is 40.7 Å². The van der Waals surface area contributed by atoms with E-state index < -0.39 is 0 Å². The first-order valence-corrected chi connectivity index (χ1v) is 14.2. The van der Waals surface area contributed by atoms with E-state index in [1.807, 2.05) is 12.1 Å². The van der Waals surface area contributed by atoms with E-state index in [9.17, 15) is 4.79 Å². The van der Waals surface area contributed by atoms with E-state index in [0.717, 1.165) is 24.6 Å². The lowest BCUT2D eigenvalue weighted by Crippen LogP contribution is -2.15. The Morgan fingerprint density at radius 2 is 1.20 bits per heavy atom. The Kier molecular flexibility index (Phi) is 12.7. The van der Waals surface area contributed by atoms with Gasteiger partial charge in [-0.05, 0) is 57.7 Å². The fraction of sp³-hybridized carbons (Fsp3) is 0.536. The minimum Gasteiger partial charge on any atom is -0.493 e. The van der Waals surface area contributed by atoms with Crippen LogP contribution in [0, 0.1) is 17.8 Å². The van der Waals surface area contributed by atoms with Crippen molar-refractivity contribution in [3.8, 4) is 17.2 Å². The first-order chi connectivity index (χ1) is 16.6. The number of carbonyl (C=O) groups excluding carboxylic acids is 1. The van der Waals surface area contributed by atoms with Crippen LogP contribution < -0.4 is 19.5 Å². The van der Waals surface area contributed by atoms with Crippen LogP contribution in [-0.2, 0) is 0 Å². The number of rotatable bonds is 15. The van der Waals surface area contributed by atoms with Gasteiger partial charge in [-0.15, -0.1) is 0 Å². The van der Waals surface area contributed by atoms with Crippen molar-refractivity contribution in [2.75, 3.05) is 19.8 Å². The smallest absolute Gasteiger partial charge is 0.188 e. The van der Waals surface area contributed by atoms with Gasteiger partial charge in [-0.2, -0.15) is 0 Å². The van der Waals surface area contributed by atoms with Crippen molar-refractivity contribution in [3.63, 3.8) is 0 Å². The summed E-state index contributed by atoms with van der Waals surface area (Å²) in [6, 6.07) is 8.84. The molecule has 0 amide bonds. The Morgan fingerprint density at radius 1 is 0.771 bits per heavy atom. The highest BCUT2D eigenvalue weighted by molar-refractivity contribution is 7.66. The van der Waals surface area contributed by atoms with Crippen LogP contribution in [0.5, 0.6) is 17.2 Å². The molecule has 0 heterocycles. The van der Waals surface area contributed by atoms with Crippen LogP contribution in [0.1, 0.15) is 71.2 Å². The van der Waals surface area contributed by atoms with Crippen LogP contribution in [0.3, 0.4) is 0 Å². The van der Waals surface area contributed by atoms with E-state index in [0.29, 0.717) is 70.4 Å². The van der Waals surface area contributed by atoms with E-state index in [1.165, 1.54) is 0 Å². The third-order valence-corrected chi connectivity index (χ3v) is 7.19. The fourth-order valence-electron chi connectivity index (χ4n) is 3.11. The normalized spacial score (nSPS) is 11.7. The molecule has 0 spiro atoms. The molecule has 1 unspecified atom stereocenters. The Balaban J connectivity index is 2.44. The average molecular weight is 541 g/mol. The first kappa shape index (κ1) is 29.7. The van der Waals surface area contributed by atoms with E-state index in [-0.39, 0.29) is 14.1 Å². The molecule has 1 atom stereocenters. The topological polar surface area (TPSA) is 44.8 Å². The number of halogens is 2. The Morgan fingerprint density at radius 3 is 1.63 bits per heavy atom. The second-order valence-electron chi connectivity index (χ2n) is 9.94. The van der Waals surface area contributed by atoms with E-state index in [1.54, 1.807) is 18.2 Å². The van der Waals surface area contributed by atoms with E-state index in [4.69, 9.17) is 37.4 Å². The number of ether oxygens (including phenoxy) is 3. The van der Waals surface area contributed by atoms with Crippen molar-refractivity contribution in [3.05, 3.63) is 45.9 Å². The van der Waals surface area contributed by atoms with Crippen molar-refractivity contribution in [1.29, 1.82) is 0 Å². The molecule has 0 N–H and O–H groups in total. The fourth-order valence-corrected chi connectivity index (χ4v) is 5.00. The largest absolute Gasteiger partial charge is 0.493 e. The molecule has 35 heavy (non-hydrogen) atoms. The second kappa shape index (κ2) is 14.9. The summed E-state index contributed by atoms with van der Waals surface area (Å²) in [4.78, 5) is 13.4. The van der Waals surface area contributed by atoms with Crippen molar-refractivity contribution < 1.29 is 19.0 Å². The number of carbonyl (C=O) groups is 1. The molecule has 7 heteroatoms. The Hall–Kier alpha value is -1.48. The van der Waals surface area contributed by atoms with Gasteiger partial charge in [-0.1, -0.05) is 70.8 Å². The van der Waals surface area contributed by atoms with Crippen molar-refractivity contribution in [1.82, 2.24) is 0 Å². The van der Waals surface area contributed by atoms with Crippen LogP contribution in [0.2, 0.25) is 10.0 Å². The minimum atomic E-state index is -0.261. The SMILES string of the molecule is CC(C)CCOc1cc(OCCC(C)C)c(PC(=O)c2c(Cl)cccc2Cl)c(OCCC(C)C)c1. The lowest BCUT2D eigenvalue weighted by atomic mass is 10.1. The van der Waals surface area contributed by atoms with Crippen LogP contribution in [0.15, 0.2) is 30.3 Å². The highest BCUT2D eigenvalue weighted by Gasteiger charge is 2.22. The summed E-state index contributed by atoms with van der Waals surface area (Å²) < 4.78 is 18.5. The zero-order valence-corrected chi connectivity index (χ0v) is 24.3. The number of hydrogen-bond donors (Lipinski definition) is 0. The van der Waals surface area contributed by atoms with Gasteiger partial charge in [0, 0.05) is 12.1 Å². The molecule has 0 aliphatic carbocycles. The monoisotopic (exact) mass is 540 g/mol. The molecule has 0 aromatic heterocycles. The number of benzene rings is 2. The van der Waals surface area contributed by atoms with Gasteiger partial charge >= 0.3 is 0 Å². The highest BCUT2D eigenvalue weighted by atomic mass is 35.5. The summed E-state index contributed by atoms with van der Waals surface area (Å²) >= 11 is 12.7. The first-order valence-electron chi connectivity index (χ1n) is 12.4. The summed E-state index contributed by atoms with van der Waals surface area (Å²) in [6.45, 7) is 14.6. The zero-order valence-electron chi connectivity index (χ0n) is 21.8. The highest BCUT2D eigenvalue weighted by Crippen LogP contribution is 2.37. The summed E-state index contributed by atoms with van der Waals surface area (Å²) in [5.41, 5.74) is 0.171. The van der Waals surface area contributed by atoms with Gasteiger partial charge in [0.1, 0.15) is 17.2 Å². The van der Waals surface area contributed by atoms with Gasteiger partial charge in [-0.3, -0.25) is 4.79 Å². The van der Waals surface area contributed by atoms with Crippen LogP contribution in [0.4, 0.5) is 0 Å². The molecule has 2 aromatic carbocycles. The lowest BCUT2D eigenvalue weighted by molar-refractivity contribution is 0.108. The maximum Gasteiger partial charge on any atom is 0.188 e. The Labute approximate surface area is 222 Å². The quantitative estimate of drug-likeness (QED) is 0.212. The van der Waals surface area contributed by atoms with Crippen molar-refractivity contribution in [2.45, 2.75) is 60.8 Å². The van der Waals surface area contributed by atoms with Crippen LogP contribution in [-0.4, -0.2) is 25.3 Å². The molecule has 4 nitrogen and oxygen atoms in total. The lowest BCUT2D eigenvalue weighted by Gasteiger charge is -2.19. The van der Waals surface area contributed by atoms with E-state index in [2.05, 4.69) is 41.5 Å². The predicted octanol–water partition coefficient (Wildman–Crippen LogP) is 8.41. The summed E-state index contributed by atoms with van der Waals surface area (Å²) in [5, 5.41) is 1.40. The molecule has 0 saturated heterocycles. The Bertz CT molecular complexity index is 905. The minimum absolute atomic E-state index is 0.156. The molecule has 2 rings (SSSR count). The van der Waals surface area contributed by atoms with Gasteiger partial charge in [0.25, 0.3) is 0 Å². The average Bonchev–Trinajstić information content (AvgIpc) is 2.75. The van der Waals surface area contributed by atoms with Gasteiger partial charge < -0.3 is 14.2 Å². The molecular weight excluding hydrogens is 502 g/mol. The molecule has 194 valence electrons. The van der Waals surface area contributed by atoms with Gasteiger partial charge in [0.2, 0.25) is 0 Å². The van der Waals surface area contributed by atoms with Crippen LogP contribution in [0.25, 0.3) is 0 Å². The maximum atomic E-state index is 13.4. The second-order valence-corrected chi connectivity index (χ2v) is 12.0. The molecule has 0 aliphatic rings. The third-order valence-electron chi connectivity index (χ3n) is 5.34. The molecule has 0 saturated carbocycles. The molecule has 0 bridgehead atoms.